The summed E-state index contributed by atoms with van der Waals surface area (Å²) in [6.07, 6.45) is 0. The Bertz CT molecular complexity index is 642. The van der Waals surface area contributed by atoms with Gasteiger partial charge in [-0.05, 0) is 74.7 Å². The third-order valence-corrected chi connectivity index (χ3v) is 4.47. The van der Waals surface area contributed by atoms with E-state index >= 15 is 0 Å². The predicted molar refractivity (Wildman–Crippen MR) is 98.3 cm³/mol. The second-order valence-corrected chi connectivity index (χ2v) is 6.64. The van der Waals surface area contributed by atoms with Crippen molar-refractivity contribution in [2.45, 2.75) is 13.5 Å². The smallest absolute Gasteiger partial charge is 0.147 e. The van der Waals surface area contributed by atoms with E-state index in [1.165, 1.54) is 0 Å². The third kappa shape index (κ3) is 4.31. The average molecular weight is 450 g/mol. The van der Waals surface area contributed by atoms with Crippen molar-refractivity contribution in [3.8, 4) is 11.5 Å². The maximum atomic E-state index is 6.12. The lowest BCUT2D eigenvalue weighted by Crippen LogP contribution is -2.01. The number of anilines is 1. The molecule has 0 bridgehead atoms. The summed E-state index contributed by atoms with van der Waals surface area (Å²) in [6, 6.07) is 9.69. The van der Waals surface area contributed by atoms with E-state index in [-0.39, 0.29) is 0 Å². The second-order valence-electron chi connectivity index (χ2n) is 4.52. The van der Waals surface area contributed by atoms with E-state index < -0.39 is 0 Å². The normalized spacial score (nSPS) is 10.4. The first-order valence-corrected chi connectivity index (χ1v) is 8.69. The molecule has 0 fully saturated rings. The van der Waals surface area contributed by atoms with Gasteiger partial charge in [0.05, 0.1) is 27.7 Å². The number of hydrogen-bond acceptors (Lipinski definition) is 3. The van der Waals surface area contributed by atoms with E-state index in [9.17, 15) is 0 Å². The molecule has 22 heavy (non-hydrogen) atoms. The molecule has 2 rings (SSSR count). The molecule has 1 N–H and O–H groups in total. The third-order valence-electron chi connectivity index (χ3n) is 3.00. The number of nitrogens with one attached hydrogen (secondary N) is 1. The molecule has 0 aromatic heterocycles. The number of benzene rings is 2. The van der Waals surface area contributed by atoms with Crippen molar-refractivity contribution in [2.75, 3.05) is 19.0 Å². The molecule has 3 nitrogen and oxygen atoms in total. The van der Waals surface area contributed by atoms with E-state index in [2.05, 4.69) is 37.2 Å². The highest BCUT2D eigenvalue weighted by molar-refractivity contribution is 9.11. The van der Waals surface area contributed by atoms with E-state index in [1.807, 2.05) is 37.3 Å². The van der Waals surface area contributed by atoms with Crippen molar-refractivity contribution >= 4 is 49.1 Å². The number of ether oxygens (including phenoxy) is 2. The summed E-state index contributed by atoms with van der Waals surface area (Å²) in [5, 5.41) is 3.92. The molecule has 0 amide bonds. The van der Waals surface area contributed by atoms with Crippen molar-refractivity contribution in [3.05, 3.63) is 49.9 Å². The predicted octanol–water partition coefficient (Wildman–Crippen LogP) is 5.88. The van der Waals surface area contributed by atoms with Crippen LogP contribution in [-0.4, -0.2) is 13.7 Å². The monoisotopic (exact) mass is 447 g/mol. The van der Waals surface area contributed by atoms with Gasteiger partial charge < -0.3 is 14.8 Å². The van der Waals surface area contributed by atoms with Crippen LogP contribution in [0.3, 0.4) is 0 Å². The van der Waals surface area contributed by atoms with E-state index in [0.29, 0.717) is 23.9 Å². The van der Waals surface area contributed by atoms with Gasteiger partial charge >= 0.3 is 0 Å². The van der Waals surface area contributed by atoms with Gasteiger partial charge in [0, 0.05) is 12.2 Å². The van der Waals surface area contributed by atoms with E-state index in [0.717, 1.165) is 25.9 Å². The van der Waals surface area contributed by atoms with Crippen LogP contribution >= 0.6 is 43.5 Å². The number of halogens is 3. The molecule has 0 saturated carbocycles. The minimum atomic E-state index is 0.585. The zero-order chi connectivity index (χ0) is 16.1. The highest BCUT2D eigenvalue weighted by Crippen LogP contribution is 2.35. The molecule has 0 atom stereocenters. The van der Waals surface area contributed by atoms with Crippen LogP contribution in [0.5, 0.6) is 11.5 Å². The minimum Gasteiger partial charge on any atom is -0.495 e. The molecule has 118 valence electrons. The molecule has 2 aromatic carbocycles. The molecule has 0 spiro atoms. The molecule has 2 aromatic rings. The Balaban J connectivity index is 2.10. The van der Waals surface area contributed by atoms with Crippen LogP contribution < -0.4 is 14.8 Å². The molecule has 0 radical (unpaired) electrons. The van der Waals surface area contributed by atoms with Gasteiger partial charge in [-0.1, -0.05) is 11.6 Å². The fraction of sp³-hybridized carbons (Fsp3) is 0.250. The summed E-state index contributed by atoms with van der Waals surface area (Å²) >= 11 is 13.2. The number of hydrogen-bond donors (Lipinski definition) is 1. The summed E-state index contributed by atoms with van der Waals surface area (Å²) in [5.74, 6) is 1.48. The fourth-order valence-electron chi connectivity index (χ4n) is 1.98. The molecule has 0 saturated heterocycles. The quantitative estimate of drug-likeness (QED) is 0.597. The van der Waals surface area contributed by atoms with Gasteiger partial charge in [-0.2, -0.15) is 0 Å². The second kappa shape index (κ2) is 8.09. The summed E-state index contributed by atoms with van der Waals surface area (Å²) in [7, 11) is 1.60. The van der Waals surface area contributed by atoms with E-state index in [4.69, 9.17) is 21.1 Å². The molecular formula is C16H16Br2ClNO2. The van der Waals surface area contributed by atoms with Crippen LogP contribution in [-0.2, 0) is 6.54 Å². The Morgan fingerprint density at radius 3 is 2.36 bits per heavy atom. The summed E-state index contributed by atoms with van der Waals surface area (Å²) in [4.78, 5) is 0. The largest absolute Gasteiger partial charge is 0.495 e. The van der Waals surface area contributed by atoms with Gasteiger partial charge in [0.15, 0.2) is 0 Å². The first-order valence-electron chi connectivity index (χ1n) is 6.73. The van der Waals surface area contributed by atoms with Crippen molar-refractivity contribution in [3.63, 3.8) is 0 Å². The maximum absolute atomic E-state index is 6.12. The number of rotatable bonds is 6. The van der Waals surface area contributed by atoms with Crippen LogP contribution in [0.15, 0.2) is 39.3 Å². The van der Waals surface area contributed by atoms with Crippen molar-refractivity contribution in [1.82, 2.24) is 0 Å². The van der Waals surface area contributed by atoms with Crippen molar-refractivity contribution < 1.29 is 9.47 Å². The Morgan fingerprint density at radius 2 is 1.82 bits per heavy atom. The zero-order valence-electron chi connectivity index (χ0n) is 12.3. The average Bonchev–Trinajstić information content (AvgIpc) is 2.49. The van der Waals surface area contributed by atoms with Gasteiger partial charge in [0.2, 0.25) is 0 Å². The molecule has 0 aliphatic carbocycles. The zero-order valence-corrected chi connectivity index (χ0v) is 16.2. The van der Waals surface area contributed by atoms with Gasteiger partial charge in [-0.15, -0.1) is 0 Å². The van der Waals surface area contributed by atoms with Gasteiger partial charge in [-0.25, -0.2) is 0 Å². The SMILES string of the molecule is CCOc1c(Br)cc(CNc2ccc(OC)c(Cl)c2)cc1Br. The molecule has 0 aliphatic heterocycles. The summed E-state index contributed by atoms with van der Waals surface area (Å²) in [6.45, 7) is 3.26. The molecular weight excluding hydrogens is 433 g/mol. The topological polar surface area (TPSA) is 30.5 Å². The van der Waals surface area contributed by atoms with Crippen molar-refractivity contribution in [2.24, 2.45) is 0 Å². The van der Waals surface area contributed by atoms with Crippen LogP contribution in [0.25, 0.3) is 0 Å². The van der Waals surface area contributed by atoms with E-state index in [1.54, 1.807) is 7.11 Å². The van der Waals surface area contributed by atoms with Crippen LogP contribution in [0.1, 0.15) is 12.5 Å². The highest BCUT2D eigenvalue weighted by Gasteiger charge is 2.09. The summed E-state index contributed by atoms with van der Waals surface area (Å²) in [5.41, 5.74) is 2.06. The highest BCUT2D eigenvalue weighted by atomic mass is 79.9. The van der Waals surface area contributed by atoms with Crippen LogP contribution in [0, 0.1) is 0 Å². The minimum absolute atomic E-state index is 0.585. The standard InChI is InChI=1S/C16H16Br2ClNO2/c1-3-22-16-12(17)6-10(7-13(16)18)9-20-11-4-5-15(21-2)14(19)8-11/h4-8,20H,3,9H2,1-2H3. The van der Waals surface area contributed by atoms with Crippen LogP contribution in [0.2, 0.25) is 5.02 Å². The molecule has 0 heterocycles. The lowest BCUT2D eigenvalue weighted by atomic mass is 10.2. The first kappa shape index (κ1) is 17.4. The Kier molecular flexibility index (Phi) is 6.41. The maximum Gasteiger partial charge on any atom is 0.147 e. The Labute approximate surface area is 152 Å². The molecule has 6 heteroatoms. The first-order chi connectivity index (χ1) is 10.5. The number of methoxy groups -OCH3 is 1. The lowest BCUT2D eigenvalue weighted by molar-refractivity contribution is 0.336. The van der Waals surface area contributed by atoms with Crippen molar-refractivity contribution in [1.29, 1.82) is 0 Å². The van der Waals surface area contributed by atoms with Crippen LogP contribution in [0.4, 0.5) is 5.69 Å². The van der Waals surface area contributed by atoms with Gasteiger partial charge in [0.1, 0.15) is 11.5 Å². The van der Waals surface area contributed by atoms with Gasteiger partial charge in [-0.3, -0.25) is 0 Å². The Hall–Kier alpha value is -0.910. The summed E-state index contributed by atoms with van der Waals surface area (Å²) < 4.78 is 12.6. The lowest BCUT2D eigenvalue weighted by Gasteiger charge is -2.12. The fourth-order valence-corrected chi connectivity index (χ4v) is 3.75. The molecule has 0 aliphatic rings. The Morgan fingerprint density at radius 1 is 1.14 bits per heavy atom. The molecule has 0 unspecified atom stereocenters. The van der Waals surface area contributed by atoms with Gasteiger partial charge in [0.25, 0.3) is 0 Å².